The molecule has 1 amide bonds. The van der Waals surface area contributed by atoms with Crippen LogP contribution in [0.3, 0.4) is 0 Å². The molecule has 13 heteroatoms. The van der Waals surface area contributed by atoms with Crippen molar-refractivity contribution in [2.24, 2.45) is 11.7 Å². The molecule has 1 aromatic carbocycles. The molecule has 3 aromatic rings. The molecule has 0 saturated heterocycles. The first-order chi connectivity index (χ1) is 17.1. The van der Waals surface area contributed by atoms with Crippen LogP contribution in [0.5, 0.6) is 0 Å². The van der Waals surface area contributed by atoms with Crippen molar-refractivity contribution in [2.75, 3.05) is 10.6 Å². The van der Waals surface area contributed by atoms with Crippen LogP contribution in [0, 0.1) is 17.6 Å². The summed E-state index contributed by atoms with van der Waals surface area (Å²) in [5.41, 5.74) is 5.77. The number of fused-ring (bicyclic) bond motifs is 1. The smallest absolute Gasteiger partial charge is 0.250 e. The van der Waals surface area contributed by atoms with Crippen molar-refractivity contribution >= 4 is 46.3 Å². The van der Waals surface area contributed by atoms with Gasteiger partial charge in [0.25, 0.3) is 0 Å². The molecule has 0 spiro atoms. The molecule has 8 nitrogen and oxygen atoms in total. The molecule has 2 heterocycles. The standard InChI is InChI=1S/C23H24ClF4N7O/c24-12-7-15(25)18(16(26)8-12)33-22-32-17-10-30-21(31-13-5-6-23(27,28)9-13)34-20(17)35(22)14-3-1-11(2-4-14)19(29)36/h7-8,10-11,13-14H,1-6,9H2,(H2,29,36)(H,32,33)(H,30,31,34)/t11-,13-,14-/m1/s1. The van der Waals surface area contributed by atoms with Gasteiger partial charge in [-0.25, -0.2) is 27.5 Å². The first-order valence-electron chi connectivity index (χ1n) is 11.7. The molecule has 0 unspecified atom stereocenters. The van der Waals surface area contributed by atoms with Gasteiger partial charge in [-0.3, -0.25) is 9.36 Å². The van der Waals surface area contributed by atoms with Crippen molar-refractivity contribution in [3.8, 4) is 0 Å². The topological polar surface area (TPSA) is 111 Å². The maximum absolute atomic E-state index is 14.5. The van der Waals surface area contributed by atoms with Crippen molar-refractivity contribution in [3.05, 3.63) is 35.0 Å². The molecule has 192 valence electrons. The number of nitrogens with zero attached hydrogens (tertiary/aromatic N) is 4. The Bertz CT molecular complexity index is 1290. The Morgan fingerprint density at radius 1 is 1.11 bits per heavy atom. The second kappa shape index (κ2) is 9.38. The van der Waals surface area contributed by atoms with E-state index in [0.29, 0.717) is 36.8 Å². The van der Waals surface area contributed by atoms with Gasteiger partial charge in [-0.2, -0.15) is 4.98 Å². The average molecular weight is 526 g/mol. The van der Waals surface area contributed by atoms with Crippen LogP contribution in [0.25, 0.3) is 11.2 Å². The Morgan fingerprint density at radius 3 is 2.42 bits per heavy atom. The minimum Gasteiger partial charge on any atom is -0.369 e. The SMILES string of the molecule is NC(=O)[C@H]1CC[C@H](n2c(Nc3c(F)cc(Cl)cc3F)nc3cnc(N[C@@H]4CCC(F)(F)C4)nc32)CC1. The normalized spacial score (nSPS) is 23.6. The maximum atomic E-state index is 14.5. The average Bonchev–Trinajstić information content (AvgIpc) is 3.34. The number of carbonyl (C=O) groups is 1. The second-order valence-electron chi connectivity index (χ2n) is 9.43. The molecule has 0 bridgehead atoms. The number of halogens is 5. The number of benzene rings is 1. The highest BCUT2D eigenvalue weighted by Gasteiger charge is 2.39. The van der Waals surface area contributed by atoms with Crippen molar-refractivity contribution in [2.45, 2.75) is 63.0 Å². The van der Waals surface area contributed by atoms with E-state index in [1.807, 2.05) is 0 Å². The summed E-state index contributed by atoms with van der Waals surface area (Å²) < 4.78 is 58.1. The Kier molecular flexibility index (Phi) is 6.39. The largest absolute Gasteiger partial charge is 0.369 e. The van der Waals surface area contributed by atoms with Gasteiger partial charge in [0.2, 0.25) is 23.7 Å². The number of nitrogens with one attached hydrogen (secondary N) is 2. The number of nitrogens with two attached hydrogens (primary N) is 1. The molecule has 0 radical (unpaired) electrons. The molecule has 2 fully saturated rings. The zero-order chi connectivity index (χ0) is 25.6. The summed E-state index contributed by atoms with van der Waals surface area (Å²) in [6.45, 7) is 0. The van der Waals surface area contributed by atoms with Gasteiger partial charge in [0.05, 0.1) is 6.20 Å². The lowest BCUT2D eigenvalue weighted by Gasteiger charge is -2.29. The van der Waals surface area contributed by atoms with Crippen LogP contribution in [0.1, 0.15) is 51.0 Å². The second-order valence-corrected chi connectivity index (χ2v) is 9.86. The van der Waals surface area contributed by atoms with Gasteiger partial charge in [0.1, 0.15) is 11.2 Å². The van der Waals surface area contributed by atoms with E-state index < -0.39 is 29.3 Å². The van der Waals surface area contributed by atoms with Crippen LogP contribution >= 0.6 is 11.6 Å². The predicted octanol–water partition coefficient (Wildman–Crippen LogP) is 5.32. The van der Waals surface area contributed by atoms with E-state index >= 15 is 0 Å². The number of primary amides is 1. The summed E-state index contributed by atoms with van der Waals surface area (Å²) in [6, 6.07) is 1.29. The van der Waals surface area contributed by atoms with Crippen molar-refractivity contribution in [1.29, 1.82) is 0 Å². The lowest BCUT2D eigenvalue weighted by molar-refractivity contribution is -0.122. The highest BCUT2D eigenvalue weighted by molar-refractivity contribution is 6.30. The molecular formula is C23H24ClF4N7O. The van der Waals surface area contributed by atoms with Crippen LogP contribution in [-0.2, 0) is 4.79 Å². The number of carbonyl (C=O) groups excluding carboxylic acids is 1. The van der Waals surface area contributed by atoms with Crippen molar-refractivity contribution in [3.63, 3.8) is 0 Å². The van der Waals surface area contributed by atoms with Crippen LogP contribution in [0.4, 0.5) is 35.1 Å². The summed E-state index contributed by atoms with van der Waals surface area (Å²) >= 11 is 5.75. The van der Waals surface area contributed by atoms with Gasteiger partial charge in [-0.15, -0.1) is 0 Å². The molecular weight excluding hydrogens is 502 g/mol. The Morgan fingerprint density at radius 2 is 1.81 bits per heavy atom. The molecule has 1 atom stereocenters. The summed E-state index contributed by atoms with van der Waals surface area (Å²) in [4.78, 5) is 24.8. The number of hydrogen-bond donors (Lipinski definition) is 3. The number of rotatable bonds is 6. The quantitative estimate of drug-likeness (QED) is 0.376. The molecule has 2 aliphatic carbocycles. The minimum atomic E-state index is -2.73. The minimum absolute atomic E-state index is 0.0899. The Balaban J connectivity index is 1.52. The third kappa shape index (κ3) is 4.91. The van der Waals surface area contributed by atoms with Crippen LogP contribution in [0.2, 0.25) is 5.02 Å². The van der Waals surface area contributed by atoms with Crippen LogP contribution < -0.4 is 16.4 Å². The summed E-state index contributed by atoms with van der Waals surface area (Å²) in [7, 11) is 0. The van der Waals surface area contributed by atoms with Crippen molar-refractivity contribution in [1.82, 2.24) is 19.5 Å². The fourth-order valence-electron chi connectivity index (χ4n) is 5.04. The molecule has 0 aliphatic heterocycles. The zero-order valence-corrected chi connectivity index (χ0v) is 19.8. The summed E-state index contributed by atoms with van der Waals surface area (Å²) in [6.07, 6.45) is 3.39. The number of hydrogen-bond acceptors (Lipinski definition) is 6. The highest BCUT2D eigenvalue weighted by atomic mass is 35.5. The van der Waals surface area contributed by atoms with E-state index in [9.17, 15) is 22.4 Å². The first kappa shape index (κ1) is 24.5. The van der Waals surface area contributed by atoms with E-state index in [1.165, 1.54) is 6.20 Å². The number of amides is 1. The molecule has 2 aromatic heterocycles. The van der Waals surface area contributed by atoms with E-state index in [2.05, 4.69) is 25.6 Å². The Hall–Kier alpha value is -3.15. The fourth-order valence-corrected chi connectivity index (χ4v) is 5.23. The highest BCUT2D eigenvalue weighted by Crippen LogP contribution is 2.39. The fraction of sp³-hybridized carbons (Fsp3) is 0.478. The molecule has 2 aliphatic rings. The monoisotopic (exact) mass is 525 g/mol. The number of imidazole rings is 1. The number of anilines is 3. The molecule has 4 N–H and O–H groups in total. The van der Waals surface area contributed by atoms with Crippen molar-refractivity contribution < 1.29 is 22.4 Å². The zero-order valence-electron chi connectivity index (χ0n) is 19.1. The third-order valence-electron chi connectivity index (χ3n) is 6.88. The van der Waals surface area contributed by atoms with E-state index in [-0.39, 0.29) is 54.0 Å². The van der Waals surface area contributed by atoms with E-state index in [1.54, 1.807) is 4.57 Å². The number of aromatic nitrogens is 4. The van der Waals surface area contributed by atoms with Gasteiger partial charge in [0, 0.05) is 35.9 Å². The van der Waals surface area contributed by atoms with Gasteiger partial charge >= 0.3 is 0 Å². The Labute approximate surface area is 208 Å². The van der Waals surface area contributed by atoms with Gasteiger partial charge in [-0.1, -0.05) is 11.6 Å². The third-order valence-corrected chi connectivity index (χ3v) is 7.10. The molecule has 36 heavy (non-hydrogen) atoms. The summed E-state index contributed by atoms with van der Waals surface area (Å²) in [5, 5.41) is 5.60. The first-order valence-corrected chi connectivity index (χ1v) is 12.1. The van der Waals surface area contributed by atoms with Gasteiger partial charge < -0.3 is 16.4 Å². The lowest BCUT2D eigenvalue weighted by atomic mass is 9.85. The lowest BCUT2D eigenvalue weighted by Crippen LogP contribution is -2.29. The molecule has 2 saturated carbocycles. The van der Waals surface area contributed by atoms with E-state index in [0.717, 1.165) is 12.1 Å². The van der Waals surface area contributed by atoms with Gasteiger partial charge in [0.15, 0.2) is 17.3 Å². The maximum Gasteiger partial charge on any atom is 0.250 e. The van der Waals surface area contributed by atoms with Crippen LogP contribution in [-0.4, -0.2) is 37.4 Å². The predicted molar refractivity (Wildman–Crippen MR) is 126 cm³/mol. The van der Waals surface area contributed by atoms with E-state index in [4.69, 9.17) is 17.3 Å². The van der Waals surface area contributed by atoms with Gasteiger partial charge in [-0.05, 0) is 44.2 Å². The summed E-state index contributed by atoms with van der Waals surface area (Å²) in [5.74, 6) is -4.85. The number of alkyl halides is 2. The van der Waals surface area contributed by atoms with Crippen LogP contribution in [0.15, 0.2) is 18.3 Å². The molecule has 5 rings (SSSR count).